The first-order valence-corrected chi connectivity index (χ1v) is 9.53. The van der Waals surface area contributed by atoms with Crippen molar-refractivity contribution in [2.75, 3.05) is 54.0 Å². The first-order chi connectivity index (χ1) is 12.6. The molecule has 0 aliphatic carbocycles. The Balaban J connectivity index is 1.60. The van der Waals surface area contributed by atoms with Crippen LogP contribution in [0.25, 0.3) is 0 Å². The van der Waals surface area contributed by atoms with E-state index < -0.39 is 0 Å². The van der Waals surface area contributed by atoms with Gasteiger partial charge >= 0.3 is 0 Å². The lowest BCUT2D eigenvalue weighted by atomic mass is 9.97. The third kappa shape index (κ3) is 4.30. The van der Waals surface area contributed by atoms with Crippen molar-refractivity contribution < 1.29 is 14.3 Å². The van der Waals surface area contributed by atoms with Gasteiger partial charge in [-0.25, -0.2) is 0 Å². The van der Waals surface area contributed by atoms with E-state index in [1.165, 1.54) is 0 Å². The standard InChI is InChI=1S/C20H31N3O3/c1-22(16-6-9-21-10-7-16)14-20(24)23-11-8-15(13-23)18-12-17(25-2)4-5-19(18)26-3/h4-5,12,15-16,21H,6-11,13-14H2,1-3H3/t15-/m0/s1. The number of carbonyl (C=O) groups is 1. The number of amides is 1. The lowest BCUT2D eigenvalue weighted by Crippen LogP contribution is -2.46. The third-order valence-electron chi connectivity index (χ3n) is 5.73. The molecule has 1 atom stereocenters. The van der Waals surface area contributed by atoms with Gasteiger partial charge in [-0.1, -0.05) is 0 Å². The smallest absolute Gasteiger partial charge is 0.236 e. The Bertz CT molecular complexity index is 616. The molecule has 6 nitrogen and oxygen atoms in total. The highest BCUT2D eigenvalue weighted by atomic mass is 16.5. The maximum absolute atomic E-state index is 12.8. The predicted molar refractivity (Wildman–Crippen MR) is 102 cm³/mol. The topological polar surface area (TPSA) is 54.0 Å². The van der Waals surface area contributed by atoms with Crippen LogP contribution in [-0.2, 0) is 4.79 Å². The molecule has 0 radical (unpaired) electrons. The molecule has 2 aliphatic rings. The maximum atomic E-state index is 12.8. The van der Waals surface area contributed by atoms with E-state index in [1.807, 2.05) is 23.1 Å². The van der Waals surface area contributed by atoms with Gasteiger partial charge in [0, 0.05) is 30.6 Å². The van der Waals surface area contributed by atoms with E-state index in [0.29, 0.717) is 18.5 Å². The Morgan fingerprint density at radius 1 is 1.23 bits per heavy atom. The first-order valence-electron chi connectivity index (χ1n) is 9.53. The molecule has 1 aromatic carbocycles. The minimum Gasteiger partial charge on any atom is -0.497 e. The van der Waals surface area contributed by atoms with Crippen molar-refractivity contribution in [3.63, 3.8) is 0 Å². The van der Waals surface area contributed by atoms with Crippen LogP contribution in [-0.4, -0.2) is 75.7 Å². The van der Waals surface area contributed by atoms with Gasteiger partial charge < -0.3 is 19.7 Å². The van der Waals surface area contributed by atoms with Crippen molar-refractivity contribution in [1.82, 2.24) is 15.1 Å². The molecule has 1 aromatic rings. The monoisotopic (exact) mass is 361 g/mol. The highest BCUT2D eigenvalue weighted by Gasteiger charge is 2.30. The van der Waals surface area contributed by atoms with Crippen molar-refractivity contribution in [2.24, 2.45) is 0 Å². The molecule has 2 aliphatic heterocycles. The summed E-state index contributed by atoms with van der Waals surface area (Å²) in [5.41, 5.74) is 1.13. The fourth-order valence-corrected chi connectivity index (χ4v) is 4.09. The van der Waals surface area contributed by atoms with E-state index in [1.54, 1.807) is 14.2 Å². The number of hydrogen-bond donors (Lipinski definition) is 1. The van der Waals surface area contributed by atoms with Crippen LogP contribution in [0.1, 0.15) is 30.7 Å². The summed E-state index contributed by atoms with van der Waals surface area (Å²) in [6.45, 7) is 4.16. The van der Waals surface area contributed by atoms with Crippen molar-refractivity contribution in [1.29, 1.82) is 0 Å². The molecule has 1 amide bonds. The second kappa shape index (κ2) is 8.73. The zero-order valence-electron chi connectivity index (χ0n) is 16.2. The SMILES string of the molecule is COc1ccc(OC)c([C@H]2CCN(C(=O)CN(C)C3CCNCC3)C2)c1. The van der Waals surface area contributed by atoms with E-state index in [0.717, 1.165) is 62.5 Å². The lowest BCUT2D eigenvalue weighted by molar-refractivity contribution is -0.131. The van der Waals surface area contributed by atoms with E-state index in [2.05, 4.69) is 17.3 Å². The maximum Gasteiger partial charge on any atom is 0.236 e. The molecule has 1 N–H and O–H groups in total. The molecule has 2 fully saturated rings. The molecule has 0 saturated carbocycles. The lowest BCUT2D eigenvalue weighted by Gasteiger charge is -2.32. The third-order valence-corrected chi connectivity index (χ3v) is 5.73. The summed E-state index contributed by atoms with van der Waals surface area (Å²) >= 11 is 0. The molecule has 144 valence electrons. The van der Waals surface area contributed by atoms with Gasteiger partial charge in [0.05, 0.1) is 20.8 Å². The summed E-state index contributed by atoms with van der Waals surface area (Å²) in [7, 11) is 5.44. The highest BCUT2D eigenvalue weighted by Crippen LogP contribution is 2.36. The van der Waals surface area contributed by atoms with Gasteiger partial charge in [-0.05, 0) is 57.6 Å². The van der Waals surface area contributed by atoms with Gasteiger partial charge in [0.25, 0.3) is 0 Å². The summed E-state index contributed by atoms with van der Waals surface area (Å²) in [6, 6.07) is 6.41. The second-order valence-corrected chi connectivity index (χ2v) is 7.33. The van der Waals surface area contributed by atoms with E-state index in [9.17, 15) is 4.79 Å². The average Bonchev–Trinajstić information content (AvgIpc) is 3.18. The van der Waals surface area contributed by atoms with Crippen molar-refractivity contribution >= 4 is 5.91 Å². The molecule has 3 rings (SSSR count). The second-order valence-electron chi connectivity index (χ2n) is 7.33. The minimum atomic E-state index is 0.232. The number of rotatable bonds is 6. The average molecular weight is 361 g/mol. The van der Waals surface area contributed by atoms with Crippen LogP contribution in [0.5, 0.6) is 11.5 Å². The molecular formula is C20H31N3O3. The predicted octanol–water partition coefficient (Wildman–Crippen LogP) is 1.70. The van der Waals surface area contributed by atoms with Crippen LogP contribution in [0.2, 0.25) is 0 Å². The number of hydrogen-bond acceptors (Lipinski definition) is 5. The van der Waals surface area contributed by atoms with Gasteiger partial charge in [0.15, 0.2) is 0 Å². The number of likely N-dealkylation sites (N-methyl/N-ethyl adjacent to an activating group) is 1. The van der Waals surface area contributed by atoms with Crippen molar-refractivity contribution in [2.45, 2.75) is 31.2 Å². The van der Waals surface area contributed by atoms with Gasteiger partial charge in [0.1, 0.15) is 11.5 Å². The quantitative estimate of drug-likeness (QED) is 0.836. The number of nitrogens with zero attached hydrogens (tertiary/aromatic N) is 2. The Morgan fingerprint density at radius 3 is 2.69 bits per heavy atom. The molecule has 0 spiro atoms. The first kappa shape index (κ1) is 19.0. The molecule has 6 heteroatoms. The molecule has 0 bridgehead atoms. The summed E-state index contributed by atoms with van der Waals surface area (Å²) < 4.78 is 10.9. The molecule has 26 heavy (non-hydrogen) atoms. The summed E-state index contributed by atoms with van der Waals surface area (Å²) in [4.78, 5) is 17.0. The molecule has 0 aromatic heterocycles. The summed E-state index contributed by atoms with van der Waals surface area (Å²) in [6.07, 6.45) is 3.20. The van der Waals surface area contributed by atoms with Gasteiger partial charge in [-0.2, -0.15) is 0 Å². The Morgan fingerprint density at radius 2 is 2.00 bits per heavy atom. The molecule has 0 unspecified atom stereocenters. The molecule has 2 saturated heterocycles. The van der Waals surface area contributed by atoms with Gasteiger partial charge in [-0.15, -0.1) is 0 Å². The number of likely N-dealkylation sites (tertiary alicyclic amines) is 1. The Hall–Kier alpha value is -1.79. The number of methoxy groups -OCH3 is 2. The van der Waals surface area contributed by atoms with Crippen molar-refractivity contribution in [3.05, 3.63) is 23.8 Å². The van der Waals surface area contributed by atoms with Crippen LogP contribution < -0.4 is 14.8 Å². The number of benzene rings is 1. The molecular weight excluding hydrogens is 330 g/mol. The van der Waals surface area contributed by atoms with Gasteiger partial charge in [-0.3, -0.25) is 9.69 Å². The Labute approximate surface area is 156 Å². The zero-order valence-corrected chi connectivity index (χ0v) is 16.2. The van der Waals surface area contributed by atoms with E-state index in [-0.39, 0.29) is 5.91 Å². The van der Waals surface area contributed by atoms with E-state index >= 15 is 0 Å². The zero-order chi connectivity index (χ0) is 18.5. The fourth-order valence-electron chi connectivity index (χ4n) is 4.09. The number of carbonyl (C=O) groups excluding carboxylic acids is 1. The summed E-state index contributed by atoms with van der Waals surface area (Å²) in [5, 5.41) is 3.38. The summed E-state index contributed by atoms with van der Waals surface area (Å²) in [5.74, 6) is 2.23. The normalized spacial score (nSPS) is 21.2. The number of ether oxygens (including phenoxy) is 2. The largest absolute Gasteiger partial charge is 0.497 e. The van der Waals surface area contributed by atoms with Crippen LogP contribution in [0, 0.1) is 0 Å². The van der Waals surface area contributed by atoms with E-state index in [4.69, 9.17) is 9.47 Å². The van der Waals surface area contributed by atoms with Crippen LogP contribution in [0.15, 0.2) is 18.2 Å². The fraction of sp³-hybridized carbons (Fsp3) is 0.650. The number of piperidine rings is 1. The minimum absolute atomic E-state index is 0.232. The molecule has 2 heterocycles. The van der Waals surface area contributed by atoms with Crippen LogP contribution >= 0.6 is 0 Å². The van der Waals surface area contributed by atoms with Crippen LogP contribution in [0.4, 0.5) is 0 Å². The van der Waals surface area contributed by atoms with Gasteiger partial charge in [0.2, 0.25) is 5.91 Å². The van der Waals surface area contributed by atoms with Crippen molar-refractivity contribution in [3.8, 4) is 11.5 Å². The number of nitrogens with one attached hydrogen (secondary N) is 1. The van der Waals surface area contributed by atoms with Crippen LogP contribution in [0.3, 0.4) is 0 Å². The Kier molecular flexibility index (Phi) is 6.38. The highest BCUT2D eigenvalue weighted by molar-refractivity contribution is 5.78.